The van der Waals surface area contributed by atoms with E-state index in [0.717, 1.165) is 6.54 Å². The van der Waals surface area contributed by atoms with Gasteiger partial charge in [0.25, 0.3) is 0 Å². The van der Waals surface area contributed by atoms with E-state index in [9.17, 15) is 0 Å². The molecule has 0 atom stereocenters. The van der Waals surface area contributed by atoms with Gasteiger partial charge in [-0.05, 0) is 34.7 Å². The first-order valence-corrected chi connectivity index (χ1v) is 8.65. The molecule has 4 aromatic carbocycles. The molecule has 0 unspecified atom stereocenters. The third-order valence-electron chi connectivity index (χ3n) is 4.19. The molecule has 0 spiro atoms. The molecular weight excluding hydrogens is 302 g/mol. The largest absolute Gasteiger partial charge is 0.385 e. The fourth-order valence-corrected chi connectivity index (χ4v) is 2.97. The van der Waals surface area contributed by atoms with Crippen molar-refractivity contribution in [2.75, 3.05) is 11.9 Å². The smallest absolute Gasteiger partial charge is 0.0419 e. The molecule has 0 aromatic heterocycles. The molecule has 1 heteroatoms. The van der Waals surface area contributed by atoms with Crippen LogP contribution in [0.1, 0.15) is 12.5 Å². The fourth-order valence-electron chi connectivity index (χ4n) is 2.97. The molecule has 0 amide bonds. The maximum Gasteiger partial charge on any atom is 0.0419 e. The van der Waals surface area contributed by atoms with Gasteiger partial charge in [-0.3, -0.25) is 0 Å². The van der Waals surface area contributed by atoms with Gasteiger partial charge in [-0.25, -0.2) is 0 Å². The summed E-state index contributed by atoms with van der Waals surface area (Å²) in [4.78, 5) is 0. The lowest BCUT2D eigenvalue weighted by Gasteiger charge is -2.09. The minimum atomic E-state index is 0.950. The zero-order valence-electron chi connectivity index (χ0n) is 14.6. The number of anilines is 1. The molecule has 0 bridgehead atoms. The van der Waals surface area contributed by atoms with E-state index in [2.05, 4.69) is 73.4 Å². The molecule has 0 saturated heterocycles. The Hall–Kier alpha value is -3.06. The van der Waals surface area contributed by atoms with Crippen molar-refractivity contribution in [2.24, 2.45) is 0 Å². The van der Waals surface area contributed by atoms with Crippen molar-refractivity contribution in [3.05, 3.63) is 97.1 Å². The van der Waals surface area contributed by atoms with E-state index in [1.807, 2.05) is 36.4 Å². The van der Waals surface area contributed by atoms with Gasteiger partial charge in [-0.15, -0.1) is 0 Å². The van der Waals surface area contributed by atoms with Crippen molar-refractivity contribution in [1.29, 1.82) is 0 Å². The summed E-state index contributed by atoms with van der Waals surface area (Å²) < 4.78 is 0. The number of fused-ring (bicyclic) bond motifs is 3. The van der Waals surface area contributed by atoms with E-state index in [-0.39, 0.29) is 0 Å². The first kappa shape index (κ1) is 16.8. The van der Waals surface area contributed by atoms with Gasteiger partial charge in [-0.2, -0.15) is 0 Å². The fraction of sp³-hybridized carbons (Fsp3) is 0.0833. The maximum absolute atomic E-state index is 3.63. The van der Waals surface area contributed by atoms with Gasteiger partial charge in [0, 0.05) is 17.6 Å². The van der Waals surface area contributed by atoms with Crippen molar-refractivity contribution in [1.82, 2.24) is 0 Å². The van der Waals surface area contributed by atoms with E-state index in [0.29, 0.717) is 0 Å². The third kappa shape index (κ3) is 3.89. The van der Waals surface area contributed by atoms with Crippen molar-refractivity contribution in [2.45, 2.75) is 6.92 Å². The summed E-state index contributed by atoms with van der Waals surface area (Å²) in [5, 5.41) is 8.66. The van der Waals surface area contributed by atoms with Crippen LogP contribution in [0.25, 0.3) is 27.6 Å². The quantitative estimate of drug-likeness (QED) is 0.411. The van der Waals surface area contributed by atoms with Crippen LogP contribution in [0.3, 0.4) is 0 Å². The van der Waals surface area contributed by atoms with Crippen LogP contribution in [0, 0.1) is 0 Å². The topological polar surface area (TPSA) is 12.0 Å². The Morgan fingerprint density at radius 3 is 2.16 bits per heavy atom. The van der Waals surface area contributed by atoms with Gasteiger partial charge in [0.2, 0.25) is 0 Å². The van der Waals surface area contributed by atoms with Gasteiger partial charge < -0.3 is 5.32 Å². The molecule has 1 nitrogen and oxygen atoms in total. The summed E-state index contributed by atoms with van der Waals surface area (Å²) in [6.45, 7) is 6.71. The second kappa shape index (κ2) is 8.16. The molecule has 0 aliphatic carbocycles. The van der Waals surface area contributed by atoms with Crippen molar-refractivity contribution < 1.29 is 0 Å². The third-order valence-corrected chi connectivity index (χ3v) is 4.19. The average molecular weight is 325 g/mol. The zero-order chi connectivity index (χ0) is 17.5. The molecule has 0 radical (unpaired) electrons. The lowest BCUT2D eigenvalue weighted by Crippen LogP contribution is -1.96. The van der Waals surface area contributed by atoms with Crippen LogP contribution < -0.4 is 5.32 Å². The number of nitrogens with one attached hydrogen (secondary N) is 1. The Kier molecular flexibility index (Phi) is 5.48. The number of rotatable bonds is 3. The average Bonchev–Trinajstić information content (AvgIpc) is 2.69. The van der Waals surface area contributed by atoms with Gasteiger partial charge in [0.1, 0.15) is 0 Å². The van der Waals surface area contributed by atoms with Gasteiger partial charge in [0.05, 0.1) is 0 Å². The van der Waals surface area contributed by atoms with Crippen molar-refractivity contribution >= 4 is 33.3 Å². The highest BCUT2D eigenvalue weighted by molar-refractivity contribution is 6.11. The molecule has 1 N–H and O–H groups in total. The van der Waals surface area contributed by atoms with Crippen molar-refractivity contribution in [3.63, 3.8) is 0 Å². The summed E-state index contributed by atoms with van der Waals surface area (Å²) in [5.41, 5.74) is 2.39. The van der Waals surface area contributed by atoms with Crippen LogP contribution in [0.15, 0.2) is 91.5 Å². The van der Waals surface area contributed by atoms with Crippen LogP contribution in [0.4, 0.5) is 5.69 Å². The molecular formula is C24H23N. The van der Waals surface area contributed by atoms with Crippen LogP contribution in [-0.4, -0.2) is 6.54 Å². The predicted octanol–water partition coefficient (Wildman–Crippen LogP) is 6.75. The Labute approximate surface area is 149 Å². The predicted molar refractivity (Wildman–Crippen MR) is 112 cm³/mol. The Bertz CT molecular complexity index is 971. The van der Waals surface area contributed by atoms with Gasteiger partial charge in [0.15, 0.2) is 0 Å². The van der Waals surface area contributed by atoms with E-state index in [1.54, 1.807) is 0 Å². The Morgan fingerprint density at radius 2 is 1.44 bits per heavy atom. The Balaban J connectivity index is 0.000000192. The zero-order valence-corrected chi connectivity index (χ0v) is 14.6. The molecule has 0 saturated carbocycles. The molecule has 4 aromatic rings. The van der Waals surface area contributed by atoms with Gasteiger partial charge in [-0.1, -0.05) is 91.5 Å². The Morgan fingerprint density at radius 1 is 0.720 bits per heavy atom. The highest BCUT2D eigenvalue weighted by Gasteiger charge is 2.03. The molecule has 0 fully saturated rings. The summed E-state index contributed by atoms with van der Waals surface area (Å²) in [5.74, 6) is 0. The molecule has 0 aliphatic rings. The highest BCUT2D eigenvalue weighted by Crippen LogP contribution is 2.29. The first-order chi connectivity index (χ1) is 12.3. The van der Waals surface area contributed by atoms with E-state index >= 15 is 0 Å². The summed E-state index contributed by atoms with van der Waals surface area (Å²) in [6, 6.07) is 29.4. The maximum atomic E-state index is 3.63. The van der Waals surface area contributed by atoms with E-state index in [1.165, 1.54) is 32.8 Å². The SMILES string of the molecule is C=Cc1ccccc1.CCNc1cccc2c1ccc1ccccc12. The van der Waals surface area contributed by atoms with E-state index < -0.39 is 0 Å². The lowest BCUT2D eigenvalue weighted by atomic mass is 10.0. The summed E-state index contributed by atoms with van der Waals surface area (Å²) in [6.07, 6.45) is 1.83. The van der Waals surface area contributed by atoms with Crippen LogP contribution >= 0.6 is 0 Å². The minimum Gasteiger partial charge on any atom is -0.385 e. The molecule has 4 rings (SSSR count). The van der Waals surface area contributed by atoms with Gasteiger partial charge >= 0.3 is 0 Å². The molecule has 0 aliphatic heterocycles. The lowest BCUT2D eigenvalue weighted by molar-refractivity contribution is 1.22. The summed E-state index contributed by atoms with van der Waals surface area (Å²) in [7, 11) is 0. The highest BCUT2D eigenvalue weighted by atomic mass is 14.9. The van der Waals surface area contributed by atoms with Crippen LogP contribution in [0.2, 0.25) is 0 Å². The van der Waals surface area contributed by atoms with Crippen molar-refractivity contribution in [3.8, 4) is 0 Å². The minimum absolute atomic E-state index is 0.950. The molecule has 0 heterocycles. The second-order valence-corrected chi connectivity index (χ2v) is 5.83. The second-order valence-electron chi connectivity index (χ2n) is 5.83. The van der Waals surface area contributed by atoms with Crippen LogP contribution in [0.5, 0.6) is 0 Å². The number of hydrogen-bond donors (Lipinski definition) is 1. The number of benzene rings is 4. The summed E-state index contributed by atoms with van der Waals surface area (Å²) >= 11 is 0. The molecule has 25 heavy (non-hydrogen) atoms. The molecule has 124 valence electrons. The monoisotopic (exact) mass is 325 g/mol. The standard InChI is InChI=1S/C16H15N.C8H8/c1-2-17-16-9-5-8-14-13-7-4-3-6-12(13)10-11-15(14)16;1-2-8-6-4-3-5-7-8/h3-11,17H,2H2,1H3;2-7H,1H2. The van der Waals surface area contributed by atoms with Crippen LogP contribution in [-0.2, 0) is 0 Å². The van der Waals surface area contributed by atoms with E-state index in [4.69, 9.17) is 0 Å². The first-order valence-electron chi connectivity index (χ1n) is 8.65. The normalized spacial score (nSPS) is 10.1. The number of hydrogen-bond acceptors (Lipinski definition) is 1.